The molecule has 8 nitrogen and oxygen atoms in total. The molecular formula is C22H24N4O4. The SMILES string of the molecule is COc1ccc2c(c1)C[C@H](C(=O)Nc1ccc(-c3cn[nH]c3)cc1OCCO)NC2. The Balaban J connectivity index is 1.52. The first-order chi connectivity index (χ1) is 14.7. The molecule has 1 aromatic heterocycles. The van der Waals surface area contributed by atoms with Gasteiger partial charge in [0, 0.05) is 18.3 Å². The number of hydrogen-bond donors (Lipinski definition) is 4. The van der Waals surface area contributed by atoms with Crippen LogP contribution in [0.15, 0.2) is 48.8 Å². The molecule has 30 heavy (non-hydrogen) atoms. The molecule has 2 heterocycles. The Labute approximate surface area is 174 Å². The van der Waals surface area contributed by atoms with Crippen molar-refractivity contribution in [1.29, 1.82) is 0 Å². The summed E-state index contributed by atoms with van der Waals surface area (Å²) in [6.07, 6.45) is 4.06. The number of H-pyrrole nitrogens is 1. The summed E-state index contributed by atoms with van der Waals surface area (Å²) in [6, 6.07) is 11.1. The number of methoxy groups -OCH3 is 1. The van der Waals surface area contributed by atoms with Gasteiger partial charge in [-0.25, -0.2) is 0 Å². The summed E-state index contributed by atoms with van der Waals surface area (Å²) in [6.45, 7) is 0.628. The second kappa shape index (κ2) is 8.98. The van der Waals surface area contributed by atoms with Crippen molar-refractivity contribution in [2.24, 2.45) is 0 Å². The predicted molar refractivity (Wildman–Crippen MR) is 113 cm³/mol. The van der Waals surface area contributed by atoms with Crippen LogP contribution < -0.4 is 20.1 Å². The molecule has 0 saturated carbocycles. The molecule has 0 spiro atoms. The summed E-state index contributed by atoms with van der Waals surface area (Å²) < 4.78 is 11.0. The van der Waals surface area contributed by atoms with Crippen LogP contribution in [-0.2, 0) is 17.8 Å². The van der Waals surface area contributed by atoms with Crippen LogP contribution in [0.25, 0.3) is 11.1 Å². The number of carbonyl (C=O) groups is 1. The number of carbonyl (C=O) groups excluding carboxylic acids is 1. The minimum atomic E-state index is -0.371. The van der Waals surface area contributed by atoms with Gasteiger partial charge in [-0.3, -0.25) is 9.89 Å². The lowest BCUT2D eigenvalue weighted by atomic mass is 9.95. The highest BCUT2D eigenvalue weighted by atomic mass is 16.5. The van der Waals surface area contributed by atoms with Crippen LogP contribution >= 0.6 is 0 Å². The van der Waals surface area contributed by atoms with E-state index in [1.165, 1.54) is 0 Å². The minimum absolute atomic E-state index is 0.119. The molecule has 156 valence electrons. The second-order valence-corrected chi connectivity index (χ2v) is 7.03. The molecule has 0 unspecified atom stereocenters. The van der Waals surface area contributed by atoms with Crippen molar-refractivity contribution in [2.45, 2.75) is 19.0 Å². The monoisotopic (exact) mass is 408 g/mol. The van der Waals surface area contributed by atoms with Gasteiger partial charge in [0.1, 0.15) is 18.1 Å². The lowest BCUT2D eigenvalue weighted by Crippen LogP contribution is -2.44. The summed E-state index contributed by atoms with van der Waals surface area (Å²) in [4.78, 5) is 12.9. The lowest BCUT2D eigenvalue weighted by molar-refractivity contribution is -0.118. The average molecular weight is 408 g/mol. The first-order valence-electron chi connectivity index (χ1n) is 9.75. The first kappa shape index (κ1) is 19.9. The summed E-state index contributed by atoms with van der Waals surface area (Å²) in [5.74, 6) is 1.13. The number of fused-ring (bicyclic) bond motifs is 1. The maximum Gasteiger partial charge on any atom is 0.241 e. The fourth-order valence-corrected chi connectivity index (χ4v) is 3.51. The van der Waals surface area contributed by atoms with E-state index in [-0.39, 0.29) is 25.2 Å². The highest BCUT2D eigenvalue weighted by Crippen LogP contribution is 2.31. The number of rotatable bonds is 7. The van der Waals surface area contributed by atoms with E-state index in [2.05, 4.69) is 20.8 Å². The van der Waals surface area contributed by atoms with Gasteiger partial charge in [0.2, 0.25) is 5.91 Å². The molecule has 3 aromatic rings. The quantitative estimate of drug-likeness (QED) is 0.477. The van der Waals surface area contributed by atoms with Crippen molar-refractivity contribution in [1.82, 2.24) is 15.5 Å². The van der Waals surface area contributed by atoms with Crippen LogP contribution in [0.2, 0.25) is 0 Å². The van der Waals surface area contributed by atoms with E-state index in [1.807, 2.05) is 30.3 Å². The number of aromatic amines is 1. The van der Waals surface area contributed by atoms with Gasteiger partial charge in [-0.15, -0.1) is 0 Å². The number of nitrogens with zero attached hydrogens (tertiary/aromatic N) is 1. The van der Waals surface area contributed by atoms with E-state index >= 15 is 0 Å². The highest BCUT2D eigenvalue weighted by Gasteiger charge is 2.25. The Bertz CT molecular complexity index is 1020. The number of nitrogens with one attached hydrogen (secondary N) is 3. The van der Waals surface area contributed by atoms with Gasteiger partial charge in [-0.05, 0) is 47.4 Å². The zero-order valence-electron chi connectivity index (χ0n) is 16.6. The van der Waals surface area contributed by atoms with Crippen LogP contribution in [0, 0.1) is 0 Å². The van der Waals surface area contributed by atoms with E-state index in [0.717, 1.165) is 28.0 Å². The molecule has 0 radical (unpaired) electrons. The Morgan fingerprint density at radius 3 is 2.90 bits per heavy atom. The molecule has 4 N–H and O–H groups in total. The van der Waals surface area contributed by atoms with E-state index in [1.54, 1.807) is 25.6 Å². The van der Waals surface area contributed by atoms with Crippen molar-refractivity contribution >= 4 is 11.6 Å². The van der Waals surface area contributed by atoms with E-state index in [9.17, 15) is 4.79 Å². The Kier molecular flexibility index (Phi) is 5.97. The average Bonchev–Trinajstić information content (AvgIpc) is 3.32. The normalized spacial score (nSPS) is 15.3. The molecule has 8 heteroatoms. The molecule has 1 aliphatic heterocycles. The Hall–Kier alpha value is -3.36. The van der Waals surface area contributed by atoms with Crippen LogP contribution in [0.4, 0.5) is 5.69 Å². The number of aliphatic hydroxyl groups excluding tert-OH is 1. The van der Waals surface area contributed by atoms with Gasteiger partial charge in [0.25, 0.3) is 0 Å². The zero-order valence-corrected chi connectivity index (χ0v) is 16.6. The summed E-state index contributed by atoms with van der Waals surface area (Å²) in [5.41, 5.74) is 4.61. The fraction of sp³-hybridized carbons (Fsp3) is 0.273. The van der Waals surface area contributed by atoms with Gasteiger partial charge >= 0.3 is 0 Å². The largest absolute Gasteiger partial charge is 0.497 e. The van der Waals surface area contributed by atoms with Gasteiger partial charge in [0.15, 0.2) is 0 Å². The molecule has 0 fully saturated rings. The summed E-state index contributed by atoms with van der Waals surface area (Å²) in [7, 11) is 1.63. The number of amides is 1. The highest BCUT2D eigenvalue weighted by molar-refractivity contribution is 5.96. The van der Waals surface area contributed by atoms with Gasteiger partial charge < -0.3 is 25.2 Å². The molecule has 0 saturated heterocycles. The molecular weight excluding hydrogens is 384 g/mol. The molecule has 1 aliphatic rings. The van der Waals surface area contributed by atoms with Crippen LogP contribution in [-0.4, -0.2) is 47.6 Å². The van der Waals surface area contributed by atoms with Crippen molar-refractivity contribution in [3.05, 3.63) is 59.9 Å². The summed E-state index contributed by atoms with van der Waals surface area (Å²) >= 11 is 0. The molecule has 0 aliphatic carbocycles. The maximum absolute atomic E-state index is 12.9. The van der Waals surface area contributed by atoms with Crippen LogP contribution in [0.5, 0.6) is 11.5 Å². The van der Waals surface area contributed by atoms with Crippen molar-refractivity contribution in [2.75, 3.05) is 25.6 Å². The first-order valence-corrected chi connectivity index (χ1v) is 9.75. The zero-order chi connectivity index (χ0) is 20.9. The Morgan fingerprint density at radius 2 is 2.13 bits per heavy atom. The molecule has 1 atom stereocenters. The summed E-state index contributed by atoms with van der Waals surface area (Å²) in [5, 5.41) is 22.1. The number of hydrogen-bond acceptors (Lipinski definition) is 6. The van der Waals surface area contributed by atoms with E-state index in [4.69, 9.17) is 14.6 Å². The Morgan fingerprint density at radius 1 is 1.23 bits per heavy atom. The topological polar surface area (TPSA) is 108 Å². The van der Waals surface area contributed by atoms with Crippen molar-refractivity contribution in [3.63, 3.8) is 0 Å². The fourth-order valence-electron chi connectivity index (χ4n) is 3.51. The molecule has 0 bridgehead atoms. The third-order valence-electron chi connectivity index (χ3n) is 5.11. The smallest absolute Gasteiger partial charge is 0.241 e. The third kappa shape index (κ3) is 4.29. The van der Waals surface area contributed by atoms with Crippen molar-refractivity contribution < 1.29 is 19.4 Å². The number of benzene rings is 2. The predicted octanol–water partition coefficient (Wildman–Crippen LogP) is 2.11. The maximum atomic E-state index is 12.9. The van der Waals surface area contributed by atoms with Gasteiger partial charge in [-0.2, -0.15) is 5.10 Å². The number of aliphatic hydroxyl groups is 1. The number of aromatic nitrogens is 2. The standard InChI is InChI=1S/C22H24N4O4/c1-29-18-4-2-15-11-23-20(9-16(15)8-18)22(28)26-19-5-3-14(17-12-24-25-13-17)10-21(19)30-7-6-27/h2-5,8,10,12-13,20,23,27H,6-7,9,11H2,1H3,(H,24,25)(H,26,28)/t20-/m1/s1. The van der Waals surface area contributed by atoms with E-state index < -0.39 is 0 Å². The van der Waals surface area contributed by atoms with Crippen LogP contribution in [0.3, 0.4) is 0 Å². The van der Waals surface area contributed by atoms with Crippen molar-refractivity contribution in [3.8, 4) is 22.6 Å². The number of anilines is 1. The molecule has 2 aromatic carbocycles. The van der Waals surface area contributed by atoms with E-state index in [0.29, 0.717) is 24.4 Å². The molecule has 4 rings (SSSR count). The molecule has 1 amide bonds. The van der Waals surface area contributed by atoms with Gasteiger partial charge in [-0.1, -0.05) is 12.1 Å². The minimum Gasteiger partial charge on any atom is -0.497 e. The third-order valence-corrected chi connectivity index (χ3v) is 5.11. The number of ether oxygens (including phenoxy) is 2. The van der Waals surface area contributed by atoms with Crippen LogP contribution in [0.1, 0.15) is 11.1 Å². The second-order valence-electron chi connectivity index (χ2n) is 7.03. The lowest BCUT2D eigenvalue weighted by Gasteiger charge is -2.26. The van der Waals surface area contributed by atoms with Gasteiger partial charge in [0.05, 0.1) is 31.6 Å².